The minimum absolute atomic E-state index is 0.0691. The maximum Gasteiger partial charge on any atom is 0.232 e. The average Bonchev–Trinajstić information content (AvgIpc) is 3.02. The van der Waals surface area contributed by atoms with E-state index < -0.39 is 44.3 Å². The van der Waals surface area contributed by atoms with Gasteiger partial charge in [-0.3, -0.25) is 0 Å². The molecule has 1 aromatic heterocycles. The molecule has 4 fully saturated rings. The largest absolute Gasteiger partial charge is 0.343 e. The van der Waals surface area contributed by atoms with Crippen LogP contribution in [0.1, 0.15) is 162 Å². The quantitative estimate of drug-likeness (QED) is 0.170. The molecule has 318 valence electrons. The van der Waals surface area contributed by atoms with Crippen LogP contribution >= 0.6 is 0 Å². The summed E-state index contributed by atoms with van der Waals surface area (Å²) in [5, 5.41) is 55.2. The van der Waals surface area contributed by atoms with Gasteiger partial charge in [0.25, 0.3) is 0 Å². The van der Waals surface area contributed by atoms with Gasteiger partial charge in [-0.15, -0.1) is 6.42 Å². The molecule has 0 aliphatic carbocycles. The van der Waals surface area contributed by atoms with Crippen molar-refractivity contribution < 1.29 is 20.8 Å². The number of anilines is 3. The fraction of sp³-hybridized carbons (Fsp3) is 0.881. The normalized spacial score (nSPS) is 28.4. The topological polar surface area (TPSA) is 151 Å². The second-order valence-electron chi connectivity index (χ2n) is 22.6. The van der Waals surface area contributed by atoms with Crippen LogP contribution in [0.3, 0.4) is 0 Å². The lowest BCUT2D eigenvalue weighted by Crippen LogP contribution is -2.68. The standard InChI is InChI=1S/C42H76N10O4/c1-18-19-43-32-44-33(47(28-20-35(2,3)49(53)36(4,5)21-28)29-22-37(6,7)50(54)38(8,9)23-29)46-34(45-32)48(30-24-39(10,11)51(55)40(12,13)25-30)31-26-41(14,15)52(56)42(16,17)27-31/h1,28-31,53-56H,19-27H2,2-17H3,(H,43,44,45,46). The zero-order valence-corrected chi connectivity index (χ0v) is 37.6. The first-order valence-corrected chi connectivity index (χ1v) is 20.8. The van der Waals surface area contributed by atoms with Crippen LogP contribution in [0.4, 0.5) is 17.8 Å². The minimum Gasteiger partial charge on any atom is -0.343 e. The second-order valence-corrected chi connectivity index (χ2v) is 22.6. The minimum atomic E-state index is -0.551. The molecular weight excluding hydrogens is 709 g/mol. The molecule has 14 heteroatoms. The van der Waals surface area contributed by atoms with Crippen LogP contribution in [-0.4, -0.2) is 131 Å². The molecule has 0 saturated carbocycles. The van der Waals surface area contributed by atoms with Crippen molar-refractivity contribution in [1.29, 1.82) is 0 Å². The number of hydrogen-bond acceptors (Lipinski definition) is 14. The summed E-state index contributed by atoms with van der Waals surface area (Å²) in [6, 6.07) is -0.276. The number of terminal acetylenes is 1. The molecule has 0 atom stereocenters. The summed E-state index contributed by atoms with van der Waals surface area (Å²) in [5.74, 6) is 4.14. The predicted octanol–water partition coefficient (Wildman–Crippen LogP) is 7.17. The molecule has 4 aliphatic rings. The highest BCUT2D eigenvalue weighted by molar-refractivity contribution is 5.49. The molecule has 0 aromatic carbocycles. The van der Waals surface area contributed by atoms with E-state index in [4.69, 9.17) is 21.4 Å². The second kappa shape index (κ2) is 14.4. The molecule has 14 nitrogen and oxygen atoms in total. The van der Waals surface area contributed by atoms with Crippen molar-refractivity contribution in [3.05, 3.63) is 0 Å². The number of hydroxylamine groups is 8. The highest BCUT2D eigenvalue weighted by Gasteiger charge is 2.55. The molecule has 4 saturated heterocycles. The van der Waals surface area contributed by atoms with Crippen LogP contribution in [0.2, 0.25) is 0 Å². The Morgan fingerprint density at radius 1 is 0.482 bits per heavy atom. The molecule has 1 aromatic rings. The Balaban J connectivity index is 1.77. The number of piperidine rings is 4. The lowest BCUT2D eigenvalue weighted by molar-refractivity contribution is -0.251. The van der Waals surface area contributed by atoms with Crippen LogP contribution in [-0.2, 0) is 0 Å². The SMILES string of the molecule is C#CCNc1nc(N(C2CC(C)(C)N(O)C(C)(C)C2)C2CC(C)(C)N(O)C(C)(C)C2)nc(N(C2CC(C)(C)N(O)C(C)(C)C2)C2CC(C)(C)N(O)C(C)(C)C2)n1. The van der Waals surface area contributed by atoms with Crippen molar-refractivity contribution in [2.75, 3.05) is 21.7 Å². The molecule has 0 spiro atoms. The molecule has 0 radical (unpaired) electrons. The number of hydrogen-bond donors (Lipinski definition) is 5. The third kappa shape index (κ3) is 8.39. The maximum atomic E-state index is 11.5. The Morgan fingerprint density at radius 3 is 0.893 bits per heavy atom. The predicted molar refractivity (Wildman–Crippen MR) is 221 cm³/mol. The van der Waals surface area contributed by atoms with Gasteiger partial charge in [0.2, 0.25) is 17.8 Å². The summed E-state index contributed by atoms with van der Waals surface area (Å²) in [6.45, 7) is 33.5. The molecule has 56 heavy (non-hydrogen) atoms. The van der Waals surface area contributed by atoms with E-state index in [0.29, 0.717) is 69.2 Å². The van der Waals surface area contributed by atoms with Crippen molar-refractivity contribution in [1.82, 2.24) is 35.2 Å². The Morgan fingerprint density at radius 2 is 0.696 bits per heavy atom. The molecule has 0 amide bonds. The zero-order valence-electron chi connectivity index (χ0n) is 37.6. The van der Waals surface area contributed by atoms with Crippen molar-refractivity contribution in [2.45, 2.75) is 231 Å². The first-order valence-electron chi connectivity index (χ1n) is 20.8. The molecule has 5 rings (SSSR count). The molecule has 5 heterocycles. The third-order valence-electron chi connectivity index (χ3n) is 13.5. The van der Waals surface area contributed by atoms with Gasteiger partial charge in [0.05, 0.1) is 6.54 Å². The van der Waals surface area contributed by atoms with Gasteiger partial charge in [0.15, 0.2) is 0 Å². The molecule has 4 aliphatic heterocycles. The fourth-order valence-corrected chi connectivity index (χ4v) is 11.7. The number of rotatable bonds is 8. The van der Waals surface area contributed by atoms with Crippen molar-refractivity contribution in [3.63, 3.8) is 0 Å². The number of aromatic nitrogens is 3. The van der Waals surface area contributed by atoms with E-state index in [1.807, 2.05) is 0 Å². The van der Waals surface area contributed by atoms with E-state index in [9.17, 15) is 20.8 Å². The van der Waals surface area contributed by atoms with Gasteiger partial charge in [-0.2, -0.15) is 35.2 Å². The monoisotopic (exact) mass is 785 g/mol. The Hall–Kier alpha value is -2.35. The van der Waals surface area contributed by atoms with Gasteiger partial charge in [-0.1, -0.05) is 5.92 Å². The molecule has 0 bridgehead atoms. The van der Waals surface area contributed by atoms with Crippen molar-refractivity contribution in [2.24, 2.45) is 0 Å². The summed E-state index contributed by atoms with van der Waals surface area (Å²) >= 11 is 0. The van der Waals surface area contributed by atoms with E-state index in [-0.39, 0.29) is 30.7 Å². The van der Waals surface area contributed by atoms with Gasteiger partial charge in [-0.25, -0.2) is 0 Å². The lowest BCUT2D eigenvalue weighted by Gasteiger charge is -2.58. The van der Waals surface area contributed by atoms with Gasteiger partial charge in [0, 0.05) is 68.5 Å². The van der Waals surface area contributed by atoms with Crippen LogP contribution in [0.5, 0.6) is 0 Å². The zero-order chi connectivity index (χ0) is 42.4. The van der Waals surface area contributed by atoms with Gasteiger partial charge < -0.3 is 35.9 Å². The van der Waals surface area contributed by atoms with E-state index in [1.54, 1.807) is 0 Å². The highest BCUT2D eigenvalue weighted by Crippen LogP contribution is 2.48. The molecular formula is C42H76N10O4. The first kappa shape index (κ1) is 44.7. The lowest BCUT2D eigenvalue weighted by atomic mass is 9.74. The summed E-state index contributed by atoms with van der Waals surface area (Å²) in [4.78, 5) is 20.7. The Labute approximate surface area is 337 Å². The van der Waals surface area contributed by atoms with E-state index >= 15 is 0 Å². The Bertz CT molecular complexity index is 1370. The van der Waals surface area contributed by atoms with Crippen LogP contribution < -0.4 is 15.1 Å². The highest BCUT2D eigenvalue weighted by atomic mass is 16.5. The van der Waals surface area contributed by atoms with E-state index in [0.717, 1.165) is 0 Å². The van der Waals surface area contributed by atoms with Crippen LogP contribution in [0.15, 0.2) is 0 Å². The number of nitrogens with one attached hydrogen (secondary N) is 1. The summed E-state index contributed by atoms with van der Waals surface area (Å²) in [5.41, 5.74) is -4.41. The summed E-state index contributed by atoms with van der Waals surface area (Å²) in [6.07, 6.45) is 11.0. The van der Waals surface area contributed by atoms with Crippen LogP contribution in [0, 0.1) is 12.3 Å². The average molecular weight is 785 g/mol. The molecule has 5 N–H and O–H groups in total. The number of nitrogens with zero attached hydrogens (tertiary/aromatic N) is 9. The molecule has 0 unspecified atom stereocenters. The smallest absolute Gasteiger partial charge is 0.232 e. The van der Waals surface area contributed by atoms with Gasteiger partial charge >= 0.3 is 0 Å². The summed E-state index contributed by atoms with van der Waals surface area (Å²) in [7, 11) is 0. The first-order chi connectivity index (χ1) is 25.3. The van der Waals surface area contributed by atoms with Crippen molar-refractivity contribution in [3.8, 4) is 12.3 Å². The Kier molecular flexibility index (Phi) is 11.5. The van der Waals surface area contributed by atoms with Gasteiger partial charge in [0.1, 0.15) is 0 Å². The van der Waals surface area contributed by atoms with Crippen LogP contribution in [0.25, 0.3) is 0 Å². The van der Waals surface area contributed by atoms with Gasteiger partial charge in [-0.05, 0) is 162 Å². The maximum absolute atomic E-state index is 11.5. The fourth-order valence-electron chi connectivity index (χ4n) is 11.7. The van der Waals surface area contributed by atoms with E-state index in [1.165, 1.54) is 20.3 Å². The summed E-state index contributed by atoms with van der Waals surface area (Å²) < 4.78 is 0. The van der Waals surface area contributed by atoms with Crippen molar-refractivity contribution >= 4 is 17.8 Å². The third-order valence-corrected chi connectivity index (χ3v) is 13.5. The van der Waals surface area contributed by atoms with E-state index in [2.05, 4.69) is 132 Å².